The van der Waals surface area contributed by atoms with E-state index in [0.29, 0.717) is 71.9 Å². The molecule has 4 aromatic carbocycles. The Morgan fingerprint density at radius 1 is 0.514 bits per heavy atom. The molecule has 0 aliphatic heterocycles. The number of nitrogens with two attached hydrogens (primary N) is 2. The Bertz CT molecular complexity index is 7600. The maximum absolute atomic E-state index is 12.4. The van der Waals surface area contributed by atoms with Crippen molar-refractivity contribution in [1.82, 2.24) is 98.0 Å². The van der Waals surface area contributed by atoms with Crippen molar-refractivity contribution >= 4 is 245 Å². The van der Waals surface area contributed by atoms with Gasteiger partial charge in [0.1, 0.15) is 46.7 Å². The van der Waals surface area contributed by atoms with Crippen LogP contribution in [0.1, 0.15) is 37.5 Å². The van der Waals surface area contributed by atoms with Gasteiger partial charge in [-0.05, 0) is 154 Å². The number of benzene rings is 4. The van der Waals surface area contributed by atoms with Gasteiger partial charge in [-0.1, -0.05) is 136 Å². The molecule has 144 heavy (non-hydrogen) atoms. The Hall–Kier alpha value is -11.1. The van der Waals surface area contributed by atoms with Crippen LogP contribution in [0.4, 0.5) is 40.2 Å². The summed E-state index contributed by atoms with van der Waals surface area (Å²) in [6.45, 7) is 3.62. The number of nitrogens with zero attached hydrogens (tertiary/aromatic N) is 22. The van der Waals surface area contributed by atoms with Crippen molar-refractivity contribution in [2.75, 3.05) is 31.9 Å². The van der Waals surface area contributed by atoms with E-state index in [-0.39, 0.29) is 166 Å². The minimum Gasteiger partial charge on any atom is -0.345 e. The number of pyridine rings is 10. The van der Waals surface area contributed by atoms with Crippen LogP contribution in [0.15, 0.2) is 310 Å². The van der Waals surface area contributed by atoms with Crippen molar-refractivity contribution in [1.29, 1.82) is 5.26 Å². The van der Waals surface area contributed by atoms with Crippen molar-refractivity contribution in [3.05, 3.63) is 390 Å². The van der Waals surface area contributed by atoms with Crippen molar-refractivity contribution in [2.24, 2.45) is 5.73 Å². The number of para-hydroxylation sites is 8. The zero-order valence-corrected chi connectivity index (χ0v) is 94.5. The maximum atomic E-state index is 12.4. The van der Waals surface area contributed by atoms with Crippen LogP contribution < -0.4 is 141 Å². The normalized spacial score (nSPS) is 9.76. The Morgan fingerprint density at radius 2 is 0.868 bits per heavy atom. The molecule has 722 valence electrons. The molecule has 43 nitrogen and oxygen atoms in total. The number of aromatic nitrogens is 20. The van der Waals surface area contributed by atoms with Gasteiger partial charge in [-0.3, -0.25) is 78.3 Å². The molecule has 0 amide bonds. The number of carbonyl (C=O) groups excluding carboxylic acids is 1. The molecule has 0 aliphatic rings. The number of rotatable bonds is 19. The summed E-state index contributed by atoms with van der Waals surface area (Å²) in [6.07, 6.45) is 24.1. The van der Waals surface area contributed by atoms with Gasteiger partial charge in [0.05, 0.1) is 94.4 Å². The fourth-order valence-corrected chi connectivity index (χ4v) is 12.3. The van der Waals surface area contributed by atoms with E-state index in [2.05, 4.69) is 95.6 Å². The number of nitrogen functional groups attached to an aromatic ring is 1. The van der Waals surface area contributed by atoms with Crippen molar-refractivity contribution in [3.8, 4) is 23.5 Å². The summed E-state index contributed by atoms with van der Waals surface area (Å²) in [7, 11) is -5.90. The predicted octanol–water partition coefficient (Wildman–Crippen LogP) is 9.36. The van der Waals surface area contributed by atoms with E-state index < -0.39 is 33.3 Å². The van der Waals surface area contributed by atoms with Gasteiger partial charge >= 0.3 is 188 Å². The summed E-state index contributed by atoms with van der Waals surface area (Å²) in [5, 5.41) is 57.6. The average molecular weight is 2270 g/mol. The SMILES string of the molecule is CC#N.ClCCl.NCc1cccnc1.Nc1ccc(-n2cnc3ccccc32)nc1NCc1cccnc1.O=CO[O-].O=S(=O)=S(=O)=O.O=[N+]([O-])c1ccc(-n2cnc3ccccc32)nc1NCc1cccnc1.O=[N+]([O-])c1ccc(Cl)nc1Cl.O=[N+]([O-])c1ccc(Cl)nc1NCc1cccnc1.O=c1[nH]c2ccc(-n3cnc4ccccc43)nc2n1Cc1cccnc1.[2H]CI.[H-].[K+].[K+].[Na][Na].c1ccc2[nH]cnc2c1. The maximum Gasteiger partial charge on any atom is 0.0931 e. The monoisotopic (exact) mass is 2270 g/mol. The van der Waals surface area contributed by atoms with Crippen LogP contribution in [-0.2, 0) is 60.9 Å². The first kappa shape index (κ1) is 122. The predicted molar refractivity (Wildman–Crippen MR) is 552 cm³/mol. The number of H-pyrrole nitrogens is 2. The number of alkyl halides is 3. The minimum absolute atomic E-state index is 0. The largest absolute Gasteiger partial charge is 0.345 e. The summed E-state index contributed by atoms with van der Waals surface area (Å²) in [6, 6.07) is 67.8. The molecule has 0 radical (unpaired) electrons. The Morgan fingerprint density at radius 3 is 1.26 bits per heavy atom. The summed E-state index contributed by atoms with van der Waals surface area (Å²) in [5.41, 5.74) is 25.2. The van der Waals surface area contributed by atoms with Crippen LogP contribution in [0.5, 0.6) is 0 Å². The number of fused-ring (bicyclic) bond motifs is 5. The summed E-state index contributed by atoms with van der Waals surface area (Å²) >= 11 is 30.9. The molecule has 9 N–H and O–H groups in total. The fourth-order valence-electron chi connectivity index (χ4n) is 11.7. The Labute approximate surface area is 977 Å². The molecule has 19 aromatic rings. The van der Waals surface area contributed by atoms with Gasteiger partial charge in [0, 0.05) is 115 Å². The molecule has 0 fully saturated rings. The van der Waals surface area contributed by atoms with Crippen molar-refractivity contribution in [3.63, 3.8) is 0 Å². The standard InChI is InChI=1S/C19H14N6O.C18H14N6O2.C18H16N6.C11H9ClN4O2.C7H6N2.C6H8N2.C5H2Cl2N2O2.C2H3N.CH2Cl2.CH3I.CH2O3.2K.2Na.O4S2.H/c26-19-22-15-7-8-17(25-12-21-14-5-1-2-6-16(14)25)23-18(15)24(19)11-13-4-3-9-20-10-13;25-24(26)16-7-8-17(23-12-21-14-5-1-2-6-15(14)23)22-18(16)20-11-13-4-3-9-19-10-13;19-14-7-8-17(24-12-22-15-5-1-2-6-16(15)24)23-18(14)21-11-13-4-3-9-20-10-13;12-10-4-3-9(16(17)18)11(15-10)14-7-8-2-1-5-13-6-8;1-2-4-7-6(3-1)8-5-9-7;7-4-6-2-1-3-8-5-6;6-4-2-1-3(9(10)11)5(7)8-4;1-2-3;2-1-3;1-2;2-1-4-3;;;;;1-5(2)6(3)4;/h1-10,12H,11H2,(H,22,26);1-10,12H,11H2,(H,20,22);1-10,12H,11,19H2,(H,21,23);1-6H,7H2,(H,14,15);1-5H,(H,8,9);1-3,5H,4,7H2;1-2H;1H3;1H2;1H3;1,3H;;;;;;/q;;;;;;;;;;;2*+1;;;;-1/p-1/i;;;;;;;;;1D;;;;;;;. The molecule has 0 atom stereocenters. The van der Waals surface area contributed by atoms with Gasteiger partial charge in [0.2, 0.25) is 16.8 Å². The van der Waals surface area contributed by atoms with Crippen LogP contribution in [0.25, 0.3) is 72.8 Å². The first-order valence-electron chi connectivity index (χ1n) is 41.5. The van der Waals surface area contributed by atoms with Crippen LogP contribution >= 0.6 is 80.6 Å². The van der Waals surface area contributed by atoms with Gasteiger partial charge in [-0.15, -0.1) is 23.2 Å². The van der Waals surface area contributed by atoms with Gasteiger partial charge in [0.25, 0.3) is 6.47 Å². The molecule has 0 saturated heterocycles. The van der Waals surface area contributed by atoms with Gasteiger partial charge in [-0.25, -0.2) is 49.7 Å². The summed E-state index contributed by atoms with van der Waals surface area (Å²) in [5.74, 6) is 3.04. The molecule has 15 heterocycles. The Balaban J connectivity index is 0.000000352. The third-order valence-corrected chi connectivity index (χ3v) is 19.3. The second kappa shape index (κ2) is 69.1. The van der Waals surface area contributed by atoms with E-state index in [9.17, 15) is 35.1 Å². The number of carbonyl (C=O) groups is 1. The molecule has 0 spiro atoms. The van der Waals surface area contributed by atoms with Gasteiger partial charge in [-0.2, -0.15) is 22.1 Å². The molecule has 15 aromatic heterocycles. The second-order valence-corrected chi connectivity index (χ2v) is 31.0. The van der Waals surface area contributed by atoms with Crippen molar-refractivity contribution < 1.29 is 152 Å². The quantitative estimate of drug-likeness (QED) is 0.00579. The molecular weight excluding hydrogens is 2190 g/mol. The number of nitriles is 1. The van der Waals surface area contributed by atoms with E-state index in [4.69, 9.17) is 108 Å². The number of imidazole rings is 5. The first-order valence-corrected chi connectivity index (χ1v) is 55.2. The number of nitro groups is 3. The number of anilines is 4. The van der Waals surface area contributed by atoms with Crippen LogP contribution in [0, 0.1) is 41.7 Å². The molecule has 55 heteroatoms. The molecule has 0 aliphatic carbocycles. The van der Waals surface area contributed by atoms with E-state index >= 15 is 0 Å². The number of aromatic amines is 2. The smallest absolute Gasteiger partial charge is 0.0931 e. The number of halogens is 6. The molecular formula is C89H79Cl5IK2N29Na2O14S2. The summed E-state index contributed by atoms with van der Waals surface area (Å²) in [4.78, 5) is 119. The zero-order valence-electron chi connectivity index (χ0n) is 78.7. The second-order valence-electron chi connectivity index (χ2n) is 26.6. The number of hydrogen-bond acceptors (Lipinski definition) is 34. The molecule has 0 bridgehead atoms. The van der Waals surface area contributed by atoms with E-state index in [0.717, 1.165) is 77.8 Å². The van der Waals surface area contributed by atoms with Gasteiger partial charge in [0.15, 0.2) is 11.5 Å². The fraction of sp³-hybridized carbons (Fsp3) is 0.0899. The molecule has 0 unspecified atom stereocenters. The van der Waals surface area contributed by atoms with Crippen molar-refractivity contribution in [2.45, 2.75) is 39.6 Å². The van der Waals surface area contributed by atoms with E-state index in [1.165, 1.54) is 80.9 Å². The van der Waals surface area contributed by atoms with Crippen LogP contribution in [-0.4, -0.2) is 190 Å². The minimum atomic E-state index is -2.95. The average Bonchev–Trinajstić information content (AvgIpc) is 1.62. The van der Waals surface area contributed by atoms with Crippen LogP contribution in [0.3, 0.4) is 0 Å². The molecule has 0 saturated carbocycles. The number of nitrogens with one attached hydrogen (secondary N) is 5. The Kier molecular flexibility index (Phi) is 58.3. The van der Waals surface area contributed by atoms with E-state index in [1.54, 1.807) is 108 Å². The van der Waals surface area contributed by atoms with Gasteiger partial charge < -0.3 is 49.0 Å². The summed E-state index contributed by atoms with van der Waals surface area (Å²) < 4.78 is 49.8. The van der Waals surface area contributed by atoms with Crippen LogP contribution in [0.2, 0.25) is 15.5 Å². The zero-order chi connectivity index (χ0) is 104. The first-order chi connectivity index (χ1) is 69.3. The topological polar surface area (TPSA) is 608 Å². The van der Waals surface area contributed by atoms with E-state index in [1.807, 2.05) is 214 Å². The third-order valence-electron chi connectivity index (χ3n) is 17.7. The molecule has 19 rings (SSSR count). The third kappa shape index (κ3) is 40.7. The number of hydrogen-bond donors (Lipinski definition) is 7.